The number of rotatable bonds is 4. The van der Waals surface area contributed by atoms with Crippen molar-refractivity contribution in [3.63, 3.8) is 0 Å². The van der Waals surface area contributed by atoms with E-state index in [9.17, 15) is 4.79 Å². The summed E-state index contributed by atoms with van der Waals surface area (Å²) < 4.78 is 5.57. The van der Waals surface area contributed by atoms with Gasteiger partial charge in [-0.1, -0.05) is 20.3 Å². The van der Waals surface area contributed by atoms with Crippen molar-refractivity contribution < 1.29 is 9.53 Å². The minimum atomic E-state index is 0.244. The molecule has 0 amide bonds. The fourth-order valence-corrected chi connectivity index (χ4v) is 3.27. The summed E-state index contributed by atoms with van der Waals surface area (Å²) in [6.07, 6.45) is 7.93. The molecule has 2 rings (SSSR count). The summed E-state index contributed by atoms with van der Waals surface area (Å²) in [7, 11) is 0. The van der Waals surface area contributed by atoms with Crippen LogP contribution in [0.3, 0.4) is 0 Å². The van der Waals surface area contributed by atoms with Crippen LogP contribution in [0.4, 0.5) is 0 Å². The van der Waals surface area contributed by atoms with E-state index in [1.807, 2.05) is 0 Å². The number of hydrogen-bond acceptors (Lipinski definition) is 2. The lowest BCUT2D eigenvalue weighted by atomic mass is 9.78. The predicted octanol–water partition coefficient (Wildman–Crippen LogP) is 3.34. The molecule has 0 radical (unpaired) electrons. The maximum absolute atomic E-state index is 12.2. The van der Waals surface area contributed by atoms with Gasteiger partial charge < -0.3 is 4.74 Å². The van der Waals surface area contributed by atoms with Gasteiger partial charge in [-0.2, -0.15) is 0 Å². The second-order valence-corrected chi connectivity index (χ2v) is 6.07. The molecule has 16 heavy (non-hydrogen) atoms. The minimum Gasteiger partial charge on any atom is -0.378 e. The third-order valence-electron chi connectivity index (χ3n) is 4.38. The molecule has 0 aromatic rings. The molecule has 1 heterocycles. The topological polar surface area (TPSA) is 26.3 Å². The van der Waals surface area contributed by atoms with Crippen LogP contribution in [0.5, 0.6) is 0 Å². The lowest BCUT2D eigenvalue weighted by Crippen LogP contribution is -2.26. The molecule has 0 bridgehead atoms. The van der Waals surface area contributed by atoms with Crippen molar-refractivity contribution in [2.75, 3.05) is 6.61 Å². The SMILES string of the molecule is CC1(C)CCCC1C(=O)CCC1CCCO1. The molecule has 2 heteroatoms. The zero-order chi connectivity index (χ0) is 11.6. The Balaban J connectivity index is 1.79. The van der Waals surface area contributed by atoms with Gasteiger partial charge in [-0.3, -0.25) is 4.79 Å². The van der Waals surface area contributed by atoms with Crippen molar-refractivity contribution in [2.45, 2.75) is 64.9 Å². The highest BCUT2D eigenvalue weighted by atomic mass is 16.5. The van der Waals surface area contributed by atoms with Crippen molar-refractivity contribution in [2.24, 2.45) is 11.3 Å². The predicted molar refractivity (Wildman–Crippen MR) is 64.3 cm³/mol. The number of hydrogen-bond donors (Lipinski definition) is 0. The van der Waals surface area contributed by atoms with Crippen LogP contribution in [0.2, 0.25) is 0 Å². The Hall–Kier alpha value is -0.370. The molecule has 1 aliphatic heterocycles. The van der Waals surface area contributed by atoms with E-state index in [4.69, 9.17) is 4.74 Å². The molecule has 2 aliphatic rings. The van der Waals surface area contributed by atoms with Crippen molar-refractivity contribution in [1.29, 1.82) is 0 Å². The van der Waals surface area contributed by atoms with Crippen LogP contribution in [-0.4, -0.2) is 18.5 Å². The zero-order valence-electron chi connectivity index (χ0n) is 10.6. The van der Waals surface area contributed by atoms with Crippen LogP contribution in [0.1, 0.15) is 58.8 Å². The van der Waals surface area contributed by atoms with Gasteiger partial charge in [-0.25, -0.2) is 0 Å². The van der Waals surface area contributed by atoms with E-state index in [1.54, 1.807) is 0 Å². The summed E-state index contributed by atoms with van der Waals surface area (Å²) in [4.78, 5) is 12.2. The molecule has 2 unspecified atom stereocenters. The van der Waals surface area contributed by atoms with E-state index in [0.29, 0.717) is 17.8 Å². The second-order valence-electron chi connectivity index (χ2n) is 6.07. The maximum Gasteiger partial charge on any atom is 0.136 e. The smallest absolute Gasteiger partial charge is 0.136 e. The van der Waals surface area contributed by atoms with Gasteiger partial charge in [0.05, 0.1) is 6.10 Å². The Labute approximate surface area is 98.7 Å². The Morgan fingerprint density at radius 3 is 2.69 bits per heavy atom. The van der Waals surface area contributed by atoms with Gasteiger partial charge in [-0.05, 0) is 37.5 Å². The third kappa shape index (κ3) is 2.65. The molecular formula is C14H24O2. The summed E-state index contributed by atoms with van der Waals surface area (Å²) in [5.41, 5.74) is 0.244. The van der Waals surface area contributed by atoms with Gasteiger partial charge in [0.25, 0.3) is 0 Å². The van der Waals surface area contributed by atoms with Crippen LogP contribution in [0, 0.1) is 11.3 Å². The first-order valence-electron chi connectivity index (χ1n) is 6.74. The summed E-state index contributed by atoms with van der Waals surface area (Å²) >= 11 is 0. The first kappa shape index (κ1) is 12.1. The van der Waals surface area contributed by atoms with Crippen LogP contribution in [0.25, 0.3) is 0 Å². The molecule has 2 fully saturated rings. The van der Waals surface area contributed by atoms with Gasteiger partial charge in [-0.15, -0.1) is 0 Å². The Kier molecular flexibility index (Phi) is 3.68. The van der Waals surface area contributed by atoms with Crippen LogP contribution >= 0.6 is 0 Å². The fourth-order valence-electron chi connectivity index (χ4n) is 3.27. The lowest BCUT2D eigenvalue weighted by molar-refractivity contribution is -0.126. The molecular weight excluding hydrogens is 200 g/mol. The normalized spacial score (nSPS) is 33.1. The van der Waals surface area contributed by atoms with Gasteiger partial charge in [0.15, 0.2) is 0 Å². The van der Waals surface area contributed by atoms with E-state index in [2.05, 4.69) is 13.8 Å². The van der Waals surface area contributed by atoms with Crippen molar-refractivity contribution >= 4 is 5.78 Å². The van der Waals surface area contributed by atoms with Gasteiger partial charge in [0.2, 0.25) is 0 Å². The average Bonchev–Trinajstić information content (AvgIpc) is 2.83. The molecule has 0 aromatic heterocycles. The first-order chi connectivity index (χ1) is 7.59. The standard InChI is InChI=1S/C14H24O2/c1-14(2)9-3-6-12(14)13(15)8-7-11-5-4-10-16-11/h11-12H,3-10H2,1-2H3. The quantitative estimate of drug-likeness (QED) is 0.732. The van der Waals surface area contributed by atoms with Crippen LogP contribution in [0.15, 0.2) is 0 Å². The molecule has 1 saturated heterocycles. The fraction of sp³-hybridized carbons (Fsp3) is 0.929. The molecule has 1 saturated carbocycles. The zero-order valence-corrected chi connectivity index (χ0v) is 10.6. The van der Waals surface area contributed by atoms with E-state index in [-0.39, 0.29) is 5.41 Å². The molecule has 92 valence electrons. The Morgan fingerprint density at radius 1 is 1.31 bits per heavy atom. The van der Waals surface area contributed by atoms with E-state index in [1.165, 1.54) is 19.3 Å². The van der Waals surface area contributed by atoms with Gasteiger partial charge in [0, 0.05) is 18.9 Å². The summed E-state index contributed by atoms with van der Waals surface area (Å²) in [5.74, 6) is 0.798. The van der Waals surface area contributed by atoms with Gasteiger partial charge in [0.1, 0.15) is 5.78 Å². The number of Topliss-reactive ketones (excluding diaryl/α,β-unsaturated/α-hetero) is 1. The highest BCUT2D eigenvalue weighted by Crippen LogP contribution is 2.43. The second kappa shape index (κ2) is 4.87. The third-order valence-corrected chi connectivity index (χ3v) is 4.38. The van der Waals surface area contributed by atoms with Crippen molar-refractivity contribution in [3.8, 4) is 0 Å². The van der Waals surface area contributed by atoms with E-state index >= 15 is 0 Å². The monoisotopic (exact) mass is 224 g/mol. The van der Waals surface area contributed by atoms with Crippen LogP contribution < -0.4 is 0 Å². The van der Waals surface area contributed by atoms with Crippen molar-refractivity contribution in [1.82, 2.24) is 0 Å². The summed E-state index contributed by atoms with van der Waals surface area (Å²) in [5, 5.41) is 0. The summed E-state index contributed by atoms with van der Waals surface area (Å²) in [6.45, 7) is 5.39. The molecule has 1 aliphatic carbocycles. The molecule has 0 aromatic carbocycles. The van der Waals surface area contributed by atoms with Crippen molar-refractivity contribution in [3.05, 3.63) is 0 Å². The largest absolute Gasteiger partial charge is 0.378 e. The number of ketones is 1. The molecule has 0 spiro atoms. The molecule has 0 N–H and O–H groups in total. The molecule has 2 atom stereocenters. The Bertz CT molecular complexity index is 251. The number of carbonyl (C=O) groups excluding carboxylic acids is 1. The average molecular weight is 224 g/mol. The maximum atomic E-state index is 12.2. The highest BCUT2D eigenvalue weighted by molar-refractivity contribution is 5.82. The van der Waals surface area contributed by atoms with Gasteiger partial charge >= 0.3 is 0 Å². The number of carbonyl (C=O) groups is 1. The van der Waals surface area contributed by atoms with E-state index < -0.39 is 0 Å². The molecule has 2 nitrogen and oxygen atoms in total. The van der Waals surface area contributed by atoms with Crippen LogP contribution in [-0.2, 0) is 9.53 Å². The lowest BCUT2D eigenvalue weighted by Gasteiger charge is -2.26. The first-order valence-corrected chi connectivity index (χ1v) is 6.74. The Morgan fingerprint density at radius 2 is 2.12 bits per heavy atom. The minimum absolute atomic E-state index is 0.244. The van der Waals surface area contributed by atoms with E-state index in [0.717, 1.165) is 32.3 Å². The number of ether oxygens (including phenoxy) is 1. The summed E-state index contributed by atoms with van der Waals surface area (Å²) in [6, 6.07) is 0. The highest BCUT2D eigenvalue weighted by Gasteiger charge is 2.38.